The lowest BCUT2D eigenvalue weighted by atomic mass is 9.90. The van der Waals surface area contributed by atoms with Crippen molar-refractivity contribution in [2.45, 2.75) is 26.3 Å². The number of carbonyl (C=O) groups is 1. The summed E-state index contributed by atoms with van der Waals surface area (Å²) in [5, 5.41) is 0. The quantitative estimate of drug-likeness (QED) is 0.455. The van der Waals surface area contributed by atoms with Crippen molar-refractivity contribution in [2.75, 3.05) is 6.61 Å². The maximum Gasteiger partial charge on any atom is 0.293 e. The van der Waals surface area contributed by atoms with Gasteiger partial charge in [-0.15, -0.1) is 0 Å². The number of ether oxygens (including phenoxy) is 1. The van der Waals surface area contributed by atoms with E-state index in [2.05, 4.69) is 9.58 Å². The zero-order chi connectivity index (χ0) is 8.91. The highest BCUT2D eigenvalue weighted by Gasteiger charge is 2.35. The molecule has 0 spiro atoms. The van der Waals surface area contributed by atoms with E-state index < -0.39 is 5.54 Å². The van der Waals surface area contributed by atoms with Gasteiger partial charge in [0.05, 0.1) is 0 Å². The summed E-state index contributed by atoms with van der Waals surface area (Å²) in [5.41, 5.74) is -0.569. The molecule has 3 heteroatoms. The number of hydrogen-bond acceptors (Lipinski definition) is 2. The molecule has 1 atom stereocenters. The first-order chi connectivity index (χ1) is 5.06. The van der Waals surface area contributed by atoms with Crippen LogP contribution in [0.1, 0.15) is 20.8 Å². The Labute approximate surface area is 67.2 Å². The van der Waals surface area contributed by atoms with Gasteiger partial charge in [-0.1, -0.05) is 13.8 Å². The molecule has 0 aliphatic carbocycles. The Bertz CT molecular complexity index is 171. The highest BCUT2D eigenvalue weighted by molar-refractivity contribution is 5.37. The van der Waals surface area contributed by atoms with Crippen LogP contribution in [0, 0.1) is 12.5 Å². The second kappa shape index (κ2) is 3.97. The van der Waals surface area contributed by atoms with E-state index in [1.807, 2.05) is 13.8 Å². The van der Waals surface area contributed by atoms with Crippen LogP contribution in [0.2, 0.25) is 0 Å². The Hall–Kier alpha value is -1.04. The molecule has 0 rings (SSSR count). The van der Waals surface area contributed by atoms with Gasteiger partial charge in [0.25, 0.3) is 12.0 Å². The summed E-state index contributed by atoms with van der Waals surface area (Å²) in [5.74, 6) is 0.194. The van der Waals surface area contributed by atoms with E-state index in [0.717, 1.165) is 0 Å². The minimum absolute atomic E-state index is 0.178. The molecule has 0 aromatic rings. The molecule has 0 N–H and O–H groups in total. The van der Waals surface area contributed by atoms with Gasteiger partial charge in [0.15, 0.2) is 6.61 Å². The van der Waals surface area contributed by atoms with Crippen molar-refractivity contribution < 1.29 is 9.53 Å². The van der Waals surface area contributed by atoms with Gasteiger partial charge in [0, 0.05) is 12.8 Å². The Kier molecular flexibility index (Phi) is 3.59. The first kappa shape index (κ1) is 9.96. The molecule has 0 fully saturated rings. The fourth-order valence-electron chi connectivity index (χ4n) is 0.531. The fourth-order valence-corrected chi connectivity index (χ4v) is 0.531. The molecule has 0 bridgehead atoms. The Balaban J connectivity index is 4.13. The summed E-state index contributed by atoms with van der Waals surface area (Å²) in [7, 11) is 0. The average molecular weight is 155 g/mol. The average Bonchev–Trinajstić information content (AvgIpc) is 2.00. The van der Waals surface area contributed by atoms with E-state index in [0.29, 0.717) is 6.47 Å². The maximum atomic E-state index is 9.86. The highest BCUT2D eigenvalue weighted by atomic mass is 16.5. The van der Waals surface area contributed by atoms with Gasteiger partial charge in [-0.05, 0) is 0 Å². The number of nitrogens with zero attached hydrogens (tertiary/aromatic N) is 1. The minimum atomic E-state index is -0.569. The third kappa shape index (κ3) is 2.58. The molecule has 11 heavy (non-hydrogen) atoms. The van der Waals surface area contributed by atoms with Crippen molar-refractivity contribution in [3.05, 3.63) is 11.4 Å². The lowest BCUT2D eigenvalue weighted by Crippen LogP contribution is -2.32. The summed E-state index contributed by atoms with van der Waals surface area (Å²) < 4.78 is 4.56. The van der Waals surface area contributed by atoms with E-state index in [9.17, 15) is 4.79 Å². The molecule has 0 aromatic heterocycles. The third-order valence-corrected chi connectivity index (χ3v) is 1.94. The van der Waals surface area contributed by atoms with Crippen molar-refractivity contribution in [3.8, 4) is 0 Å². The molecule has 0 aromatic carbocycles. The van der Waals surface area contributed by atoms with Crippen LogP contribution < -0.4 is 0 Å². The van der Waals surface area contributed by atoms with Crippen molar-refractivity contribution >= 4 is 6.47 Å². The molecule has 0 amide bonds. The van der Waals surface area contributed by atoms with Crippen LogP contribution >= 0.6 is 0 Å². The van der Waals surface area contributed by atoms with Crippen LogP contribution in [0.15, 0.2) is 0 Å². The normalized spacial score (nSPS) is 15.2. The maximum absolute atomic E-state index is 9.86. The predicted octanol–water partition coefficient (Wildman–Crippen LogP) is 1.49. The van der Waals surface area contributed by atoms with Gasteiger partial charge in [-0.2, -0.15) is 0 Å². The fraction of sp³-hybridized carbons (Fsp3) is 0.750. The summed E-state index contributed by atoms with van der Waals surface area (Å²) in [4.78, 5) is 13.3. The lowest BCUT2D eigenvalue weighted by Gasteiger charge is -2.19. The number of hydrogen-bond donors (Lipinski definition) is 0. The van der Waals surface area contributed by atoms with Crippen LogP contribution in [0.4, 0.5) is 0 Å². The van der Waals surface area contributed by atoms with E-state index >= 15 is 0 Å². The summed E-state index contributed by atoms with van der Waals surface area (Å²) in [6.45, 7) is 13.1. The zero-order valence-electron chi connectivity index (χ0n) is 7.13. The molecule has 0 aliphatic heterocycles. The first-order valence-electron chi connectivity index (χ1n) is 3.50. The zero-order valence-corrected chi connectivity index (χ0v) is 7.13. The van der Waals surface area contributed by atoms with Crippen LogP contribution in [-0.4, -0.2) is 18.6 Å². The molecule has 0 aliphatic rings. The Morgan fingerprint density at radius 3 is 2.55 bits per heavy atom. The van der Waals surface area contributed by atoms with Crippen molar-refractivity contribution in [1.82, 2.24) is 0 Å². The second-order valence-electron chi connectivity index (χ2n) is 3.03. The SMILES string of the molecule is [C-]#[N+]C(C)(COC=O)C(C)C. The van der Waals surface area contributed by atoms with Gasteiger partial charge in [-0.25, -0.2) is 6.57 Å². The smallest absolute Gasteiger partial charge is 0.293 e. The van der Waals surface area contributed by atoms with Crippen LogP contribution in [-0.2, 0) is 9.53 Å². The van der Waals surface area contributed by atoms with E-state index in [1.165, 1.54) is 0 Å². The molecule has 3 nitrogen and oxygen atoms in total. The topological polar surface area (TPSA) is 30.7 Å². The largest absolute Gasteiger partial charge is 0.459 e. The molecule has 1 unspecified atom stereocenters. The Morgan fingerprint density at radius 2 is 2.27 bits per heavy atom. The number of carbonyl (C=O) groups excluding carboxylic acids is 1. The van der Waals surface area contributed by atoms with Gasteiger partial charge in [-0.3, -0.25) is 4.79 Å². The van der Waals surface area contributed by atoms with E-state index in [4.69, 9.17) is 6.57 Å². The van der Waals surface area contributed by atoms with Crippen molar-refractivity contribution in [1.29, 1.82) is 0 Å². The lowest BCUT2D eigenvalue weighted by molar-refractivity contribution is -0.130. The molecule has 62 valence electrons. The molecule has 0 saturated carbocycles. The molecular weight excluding hydrogens is 142 g/mol. The third-order valence-electron chi connectivity index (χ3n) is 1.94. The number of rotatable bonds is 4. The van der Waals surface area contributed by atoms with Crippen LogP contribution in [0.5, 0.6) is 0 Å². The van der Waals surface area contributed by atoms with Crippen molar-refractivity contribution in [3.63, 3.8) is 0 Å². The summed E-state index contributed by atoms with van der Waals surface area (Å²) in [6.07, 6.45) is 0. The summed E-state index contributed by atoms with van der Waals surface area (Å²) in [6, 6.07) is 0. The van der Waals surface area contributed by atoms with E-state index in [-0.39, 0.29) is 12.5 Å². The standard InChI is InChI=1S/C8H13NO2/c1-7(2)8(3,9-4)5-11-6-10/h6-7H,5H2,1-3H3. The van der Waals surface area contributed by atoms with Crippen LogP contribution in [0.25, 0.3) is 4.85 Å². The second-order valence-corrected chi connectivity index (χ2v) is 3.03. The molecule has 0 saturated heterocycles. The van der Waals surface area contributed by atoms with Gasteiger partial charge >= 0.3 is 0 Å². The highest BCUT2D eigenvalue weighted by Crippen LogP contribution is 2.21. The molecule has 0 radical (unpaired) electrons. The summed E-state index contributed by atoms with van der Waals surface area (Å²) >= 11 is 0. The monoisotopic (exact) mass is 155 g/mol. The van der Waals surface area contributed by atoms with Crippen molar-refractivity contribution in [2.24, 2.45) is 5.92 Å². The Morgan fingerprint density at radius 1 is 1.73 bits per heavy atom. The van der Waals surface area contributed by atoms with Gasteiger partial charge in [0.1, 0.15) is 0 Å². The predicted molar refractivity (Wildman–Crippen MR) is 41.9 cm³/mol. The molecule has 0 heterocycles. The van der Waals surface area contributed by atoms with Crippen LogP contribution in [0.3, 0.4) is 0 Å². The first-order valence-corrected chi connectivity index (χ1v) is 3.50. The minimum Gasteiger partial charge on any atom is -0.459 e. The van der Waals surface area contributed by atoms with E-state index in [1.54, 1.807) is 6.92 Å². The van der Waals surface area contributed by atoms with Gasteiger partial charge in [0.2, 0.25) is 0 Å². The van der Waals surface area contributed by atoms with Gasteiger partial charge < -0.3 is 9.58 Å². The molecular formula is C8H13NO2.